The predicted molar refractivity (Wildman–Crippen MR) is 88.2 cm³/mol. The molecule has 122 valence electrons. The predicted octanol–water partition coefficient (Wildman–Crippen LogP) is 3.56. The summed E-state index contributed by atoms with van der Waals surface area (Å²) < 4.78 is 28.0. The Morgan fingerprint density at radius 3 is 2.65 bits per heavy atom. The Bertz CT molecular complexity index is 848. The van der Waals surface area contributed by atoms with Gasteiger partial charge in [0.25, 0.3) is 0 Å². The zero-order valence-electron chi connectivity index (χ0n) is 12.2. The number of rotatable bonds is 2. The van der Waals surface area contributed by atoms with Crippen molar-refractivity contribution in [1.82, 2.24) is 14.5 Å². The van der Waals surface area contributed by atoms with Gasteiger partial charge in [-0.15, -0.1) is 0 Å². The van der Waals surface area contributed by atoms with Crippen LogP contribution in [0, 0.1) is 0 Å². The highest BCUT2D eigenvalue weighted by molar-refractivity contribution is 7.89. The van der Waals surface area contributed by atoms with Gasteiger partial charge in [0.1, 0.15) is 5.15 Å². The lowest BCUT2D eigenvalue weighted by Gasteiger charge is -2.44. The lowest BCUT2D eigenvalue weighted by Crippen LogP contribution is -2.49. The maximum Gasteiger partial charge on any atom is 0.243 e. The van der Waals surface area contributed by atoms with Crippen LogP contribution in [0.25, 0.3) is 0 Å². The minimum atomic E-state index is -3.60. The first-order chi connectivity index (χ1) is 11.0. The van der Waals surface area contributed by atoms with E-state index >= 15 is 0 Å². The maximum absolute atomic E-state index is 13.2. The summed E-state index contributed by atoms with van der Waals surface area (Å²) in [6.07, 6.45) is 3.19. The number of nitrogens with zero attached hydrogens (tertiary/aromatic N) is 2. The monoisotopic (exact) mass is 371 g/mol. The van der Waals surface area contributed by atoms with Crippen LogP contribution < -0.4 is 0 Å². The van der Waals surface area contributed by atoms with Gasteiger partial charge in [0, 0.05) is 23.0 Å². The van der Waals surface area contributed by atoms with E-state index in [0.29, 0.717) is 16.6 Å². The van der Waals surface area contributed by atoms with Gasteiger partial charge >= 0.3 is 0 Å². The Labute approximate surface area is 144 Å². The first-order valence-electron chi connectivity index (χ1n) is 7.50. The Hall–Kier alpha value is -1.08. The number of fused-ring (bicyclic) bond motifs is 4. The summed E-state index contributed by atoms with van der Waals surface area (Å²) in [5, 5.41) is 7.99. The molecule has 4 rings (SSSR count). The summed E-state index contributed by atoms with van der Waals surface area (Å²) in [5.41, 5.74) is 1.73. The fraction of sp³-hybridized carbons (Fsp3) is 0.400. The quantitative estimate of drug-likeness (QED) is 0.877. The van der Waals surface area contributed by atoms with E-state index < -0.39 is 10.0 Å². The molecule has 23 heavy (non-hydrogen) atoms. The van der Waals surface area contributed by atoms with Crippen molar-refractivity contribution in [2.24, 2.45) is 0 Å². The third-order valence-electron chi connectivity index (χ3n) is 4.67. The average molecular weight is 372 g/mol. The van der Waals surface area contributed by atoms with E-state index in [1.165, 1.54) is 0 Å². The molecule has 0 amide bonds. The molecule has 2 atom stereocenters. The second kappa shape index (κ2) is 5.48. The minimum absolute atomic E-state index is 0.0682. The van der Waals surface area contributed by atoms with E-state index in [4.69, 9.17) is 23.2 Å². The molecular weight excluding hydrogens is 357 g/mol. The van der Waals surface area contributed by atoms with Gasteiger partial charge in [-0.05, 0) is 43.5 Å². The van der Waals surface area contributed by atoms with Crippen LogP contribution in [-0.2, 0) is 16.4 Å². The molecule has 2 bridgehead atoms. The van der Waals surface area contributed by atoms with Crippen LogP contribution in [0.2, 0.25) is 10.2 Å². The number of nitrogens with one attached hydrogen (secondary N) is 1. The molecule has 8 heteroatoms. The number of halogens is 2. The lowest BCUT2D eigenvalue weighted by molar-refractivity contribution is 0.162. The third kappa shape index (κ3) is 2.39. The van der Waals surface area contributed by atoms with Crippen molar-refractivity contribution in [3.05, 3.63) is 45.7 Å². The van der Waals surface area contributed by atoms with Gasteiger partial charge in [-0.3, -0.25) is 5.10 Å². The molecule has 0 radical (unpaired) electrons. The molecule has 5 nitrogen and oxygen atoms in total. The molecule has 2 unspecified atom stereocenters. The van der Waals surface area contributed by atoms with Gasteiger partial charge in [0.15, 0.2) is 0 Å². The van der Waals surface area contributed by atoms with Crippen LogP contribution in [0.4, 0.5) is 0 Å². The molecule has 1 aromatic carbocycles. The third-order valence-corrected chi connectivity index (χ3v) is 7.19. The molecule has 0 spiro atoms. The number of hydrogen-bond acceptors (Lipinski definition) is 3. The normalized spacial score (nSPS) is 24.4. The number of aromatic amines is 1. The number of aromatic nitrogens is 2. The van der Waals surface area contributed by atoms with Crippen LogP contribution in [0.5, 0.6) is 0 Å². The molecule has 2 aliphatic heterocycles. The van der Waals surface area contributed by atoms with Gasteiger partial charge in [-0.25, -0.2) is 8.42 Å². The van der Waals surface area contributed by atoms with Gasteiger partial charge in [-0.1, -0.05) is 23.2 Å². The largest absolute Gasteiger partial charge is 0.267 e. The number of benzene rings is 1. The van der Waals surface area contributed by atoms with Crippen LogP contribution in [0.1, 0.15) is 36.6 Å². The topological polar surface area (TPSA) is 66.1 Å². The highest BCUT2D eigenvalue weighted by Gasteiger charge is 2.46. The van der Waals surface area contributed by atoms with Crippen LogP contribution in [0.3, 0.4) is 0 Å². The zero-order valence-corrected chi connectivity index (χ0v) is 14.5. The van der Waals surface area contributed by atoms with Gasteiger partial charge in [0.05, 0.1) is 16.6 Å². The molecule has 3 heterocycles. The first-order valence-corrected chi connectivity index (χ1v) is 9.70. The highest BCUT2D eigenvalue weighted by atomic mass is 35.5. The molecule has 1 aromatic heterocycles. The number of hydrogen-bond donors (Lipinski definition) is 1. The first kappa shape index (κ1) is 15.4. The molecule has 0 aliphatic carbocycles. The lowest BCUT2D eigenvalue weighted by atomic mass is 9.85. The van der Waals surface area contributed by atoms with Crippen molar-refractivity contribution >= 4 is 33.2 Å². The summed E-state index contributed by atoms with van der Waals surface area (Å²) in [7, 11) is -3.60. The van der Waals surface area contributed by atoms with E-state index in [0.717, 1.165) is 30.5 Å². The van der Waals surface area contributed by atoms with Crippen molar-refractivity contribution in [1.29, 1.82) is 0 Å². The summed E-state index contributed by atoms with van der Waals surface area (Å²) in [6.45, 7) is 0. The van der Waals surface area contributed by atoms with Crippen molar-refractivity contribution < 1.29 is 8.42 Å². The standard InChI is InChI=1S/C15H15Cl2N3O2S/c16-9-4-6-11(7-5-9)23(21,22)20-10-2-1-3-13(20)14-12(8-10)18-19-15(14)17/h4-7,10,13H,1-3,8H2,(H,18,19). The fourth-order valence-corrected chi connectivity index (χ4v) is 5.94. The molecule has 0 saturated carbocycles. The smallest absolute Gasteiger partial charge is 0.243 e. The van der Waals surface area contributed by atoms with Gasteiger partial charge < -0.3 is 0 Å². The van der Waals surface area contributed by atoms with E-state index in [1.54, 1.807) is 28.6 Å². The Morgan fingerprint density at radius 2 is 1.91 bits per heavy atom. The van der Waals surface area contributed by atoms with E-state index in [1.807, 2.05) is 0 Å². The van der Waals surface area contributed by atoms with Crippen LogP contribution in [0.15, 0.2) is 29.2 Å². The zero-order chi connectivity index (χ0) is 16.2. The van der Waals surface area contributed by atoms with Crippen molar-refractivity contribution in [2.45, 2.75) is 42.7 Å². The highest BCUT2D eigenvalue weighted by Crippen LogP contribution is 2.46. The second-order valence-corrected chi connectivity index (χ2v) is 8.65. The SMILES string of the molecule is O=S(=O)(c1ccc(Cl)cc1)N1C2CCCC1c1c(n[nH]c1Cl)C2. The summed E-state index contributed by atoms with van der Waals surface area (Å²) >= 11 is 12.1. The molecule has 2 aliphatic rings. The molecule has 2 aromatic rings. The van der Waals surface area contributed by atoms with Crippen molar-refractivity contribution in [3.63, 3.8) is 0 Å². The number of H-pyrrole nitrogens is 1. The van der Waals surface area contributed by atoms with Gasteiger partial charge in [-0.2, -0.15) is 9.40 Å². The molecule has 1 fully saturated rings. The van der Waals surface area contributed by atoms with Crippen LogP contribution in [-0.4, -0.2) is 29.0 Å². The summed E-state index contributed by atoms with van der Waals surface area (Å²) in [5.74, 6) is 0. The Kier molecular flexibility index (Phi) is 3.68. The fourth-order valence-electron chi connectivity index (χ4n) is 3.69. The number of piperidine rings is 1. The molecule has 1 N–H and O–H groups in total. The van der Waals surface area contributed by atoms with Crippen molar-refractivity contribution in [3.8, 4) is 0 Å². The Morgan fingerprint density at radius 1 is 1.17 bits per heavy atom. The number of sulfonamides is 1. The minimum Gasteiger partial charge on any atom is -0.267 e. The summed E-state index contributed by atoms with van der Waals surface area (Å²) in [4.78, 5) is 0.266. The van der Waals surface area contributed by atoms with Crippen molar-refractivity contribution in [2.75, 3.05) is 0 Å². The summed E-state index contributed by atoms with van der Waals surface area (Å²) in [6, 6.07) is 6.00. The molecular formula is C15H15Cl2N3O2S. The van der Waals surface area contributed by atoms with Crippen LogP contribution >= 0.6 is 23.2 Å². The molecule has 1 saturated heterocycles. The average Bonchev–Trinajstić information content (AvgIpc) is 2.88. The Balaban J connectivity index is 1.82. The second-order valence-electron chi connectivity index (χ2n) is 5.99. The van der Waals surface area contributed by atoms with E-state index in [-0.39, 0.29) is 17.0 Å². The van der Waals surface area contributed by atoms with E-state index in [9.17, 15) is 8.42 Å². The maximum atomic E-state index is 13.2. The van der Waals surface area contributed by atoms with Gasteiger partial charge in [0.2, 0.25) is 10.0 Å². The van der Waals surface area contributed by atoms with E-state index in [2.05, 4.69) is 10.2 Å².